The number of amides is 1. The third-order valence-electron chi connectivity index (χ3n) is 5.13. The lowest BCUT2D eigenvalue weighted by atomic mass is 9.96. The van der Waals surface area contributed by atoms with Gasteiger partial charge in [-0.05, 0) is 68.3 Å². The Balaban J connectivity index is 1.73. The highest BCUT2D eigenvalue weighted by atomic mass is 16.5. The maximum atomic E-state index is 12.7. The van der Waals surface area contributed by atoms with Gasteiger partial charge in [0.2, 0.25) is 0 Å². The summed E-state index contributed by atoms with van der Waals surface area (Å²) in [4.78, 5) is 12.7. The van der Waals surface area contributed by atoms with Crippen LogP contribution in [-0.4, -0.2) is 12.0 Å². The minimum atomic E-state index is -0.579. The molecule has 1 N–H and O–H groups in total. The molecule has 0 radical (unpaired) electrons. The summed E-state index contributed by atoms with van der Waals surface area (Å²) < 4.78 is 5.99. The van der Waals surface area contributed by atoms with Gasteiger partial charge in [0.1, 0.15) is 5.75 Å². The molecule has 0 fully saturated rings. The van der Waals surface area contributed by atoms with Crippen LogP contribution >= 0.6 is 0 Å². The number of nitrogens with one attached hydrogen (secondary N) is 1. The van der Waals surface area contributed by atoms with Crippen molar-refractivity contribution in [2.45, 2.75) is 46.8 Å². The van der Waals surface area contributed by atoms with Gasteiger partial charge in [-0.15, -0.1) is 0 Å². The van der Waals surface area contributed by atoms with E-state index in [-0.39, 0.29) is 11.9 Å². The molecule has 0 spiro atoms. The molecule has 3 aromatic rings. The van der Waals surface area contributed by atoms with E-state index in [9.17, 15) is 4.79 Å². The first-order valence-electron chi connectivity index (χ1n) is 9.39. The Bertz CT molecular complexity index is 972. The first-order chi connectivity index (χ1) is 12.9. The lowest BCUT2D eigenvalue weighted by Gasteiger charge is -2.21. The van der Waals surface area contributed by atoms with E-state index in [0.717, 1.165) is 22.1 Å². The van der Waals surface area contributed by atoms with Crippen molar-refractivity contribution in [3.05, 3.63) is 76.9 Å². The lowest BCUT2D eigenvalue weighted by molar-refractivity contribution is -0.127. The third-order valence-corrected chi connectivity index (χ3v) is 5.13. The number of benzene rings is 3. The van der Waals surface area contributed by atoms with Crippen molar-refractivity contribution in [1.82, 2.24) is 5.32 Å². The molecule has 1 amide bonds. The zero-order valence-corrected chi connectivity index (χ0v) is 16.7. The number of carbonyl (C=O) groups excluding carboxylic acids is 1. The largest absolute Gasteiger partial charge is 0.480 e. The normalized spacial score (nSPS) is 13.2. The Hall–Kier alpha value is -2.81. The molecule has 3 nitrogen and oxygen atoms in total. The molecule has 0 heterocycles. The molecule has 3 rings (SSSR count). The summed E-state index contributed by atoms with van der Waals surface area (Å²) in [6.45, 7) is 10.1. The topological polar surface area (TPSA) is 38.3 Å². The predicted octanol–water partition coefficient (Wildman–Crippen LogP) is 5.41. The van der Waals surface area contributed by atoms with Crippen LogP contribution < -0.4 is 10.1 Å². The zero-order valence-electron chi connectivity index (χ0n) is 16.7. The van der Waals surface area contributed by atoms with E-state index < -0.39 is 6.10 Å². The second-order valence-corrected chi connectivity index (χ2v) is 7.26. The fourth-order valence-corrected chi connectivity index (χ4v) is 3.40. The zero-order chi connectivity index (χ0) is 19.6. The third kappa shape index (κ3) is 4.13. The second-order valence-electron chi connectivity index (χ2n) is 7.26. The summed E-state index contributed by atoms with van der Waals surface area (Å²) >= 11 is 0. The summed E-state index contributed by atoms with van der Waals surface area (Å²) in [7, 11) is 0. The maximum Gasteiger partial charge on any atom is 0.261 e. The number of fused-ring (bicyclic) bond motifs is 1. The number of ether oxygens (including phenoxy) is 1. The Morgan fingerprint density at radius 1 is 0.889 bits per heavy atom. The average Bonchev–Trinajstić information content (AvgIpc) is 2.64. The maximum absolute atomic E-state index is 12.7. The summed E-state index contributed by atoms with van der Waals surface area (Å²) in [5.41, 5.74) is 4.83. The van der Waals surface area contributed by atoms with Crippen molar-refractivity contribution in [1.29, 1.82) is 0 Å². The predicted molar refractivity (Wildman–Crippen MR) is 111 cm³/mol. The highest BCUT2D eigenvalue weighted by Crippen LogP contribution is 2.26. The van der Waals surface area contributed by atoms with Crippen molar-refractivity contribution in [3.8, 4) is 5.75 Å². The van der Waals surface area contributed by atoms with Crippen LogP contribution in [-0.2, 0) is 4.79 Å². The Kier molecular flexibility index (Phi) is 5.50. The van der Waals surface area contributed by atoms with E-state index in [1.807, 2.05) is 49.4 Å². The first-order valence-corrected chi connectivity index (χ1v) is 9.39. The molecule has 0 saturated heterocycles. The van der Waals surface area contributed by atoms with Gasteiger partial charge >= 0.3 is 0 Å². The molecule has 140 valence electrons. The van der Waals surface area contributed by atoms with Gasteiger partial charge in [0.05, 0.1) is 6.04 Å². The molecule has 3 heteroatoms. The first kappa shape index (κ1) is 19.0. The second kappa shape index (κ2) is 7.83. The SMILES string of the molecule is Cc1cc(C)c([C@@H](C)NC(=O)[C@@H](C)Oc2cccc3ccccc23)cc1C. The molecule has 0 aromatic heterocycles. The van der Waals surface area contributed by atoms with Gasteiger partial charge in [-0.3, -0.25) is 4.79 Å². The molecular formula is C24H27NO2. The molecule has 0 aliphatic heterocycles. The Morgan fingerprint density at radius 3 is 2.33 bits per heavy atom. The van der Waals surface area contributed by atoms with Crippen molar-refractivity contribution < 1.29 is 9.53 Å². The van der Waals surface area contributed by atoms with Crippen molar-refractivity contribution in [2.75, 3.05) is 0 Å². The number of hydrogen-bond acceptors (Lipinski definition) is 2. The van der Waals surface area contributed by atoms with Gasteiger partial charge in [0, 0.05) is 5.39 Å². The number of rotatable bonds is 5. The van der Waals surface area contributed by atoms with Crippen LogP contribution in [0.3, 0.4) is 0 Å². The van der Waals surface area contributed by atoms with Crippen molar-refractivity contribution in [2.24, 2.45) is 0 Å². The fourth-order valence-electron chi connectivity index (χ4n) is 3.40. The van der Waals surface area contributed by atoms with Crippen LogP contribution in [0.25, 0.3) is 10.8 Å². The van der Waals surface area contributed by atoms with Crippen LogP contribution in [0.2, 0.25) is 0 Å². The molecule has 0 aliphatic rings. The van der Waals surface area contributed by atoms with Crippen molar-refractivity contribution in [3.63, 3.8) is 0 Å². The molecule has 3 aromatic carbocycles. The average molecular weight is 361 g/mol. The molecule has 0 unspecified atom stereocenters. The smallest absolute Gasteiger partial charge is 0.261 e. The molecule has 2 atom stereocenters. The monoisotopic (exact) mass is 361 g/mol. The molecule has 0 bridgehead atoms. The highest BCUT2D eigenvalue weighted by Gasteiger charge is 2.19. The van der Waals surface area contributed by atoms with Crippen molar-refractivity contribution >= 4 is 16.7 Å². The lowest BCUT2D eigenvalue weighted by Crippen LogP contribution is -2.38. The Morgan fingerprint density at radius 2 is 1.56 bits per heavy atom. The molecule has 0 aliphatic carbocycles. The van der Waals surface area contributed by atoms with E-state index in [2.05, 4.69) is 38.2 Å². The highest BCUT2D eigenvalue weighted by molar-refractivity contribution is 5.89. The summed E-state index contributed by atoms with van der Waals surface area (Å²) in [6.07, 6.45) is -0.579. The van der Waals surface area contributed by atoms with Crippen LogP contribution in [0.15, 0.2) is 54.6 Å². The van der Waals surface area contributed by atoms with E-state index in [0.29, 0.717) is 0 Å². The van der Waals surface area contributed by atoms with Gasteiger partial charge in [0.25, 0.3) is 5.91 Å². The number of hydrogen-bond donors (Lipinski definition) is 1. The minimum absolute atomic E-state index is 0.0737. The minimum Gasteiger partial charge on any atom is -0.480 e. The van der Waals surface area contributed by atoms with Gasteiger partial charge in [-0.1, -0.05) is 48.5 Å². The van der Waals surface area contributed by atoms with Gasteiger partial charge < -0.3 is 10.1 Å². The fraction of sp³-hybridized carbons (Fsp3) is 0.292. The molecule has 0 saturated carbocycles. The van der Waals surface area contributed by atoms with Crippen LogP contribution in [0, 0.1) is 20.8 Å². The standard InChI is InChI=1S/C24H27NO2/c1-15-13-17(3)22(14-16(15)2)18(4)25-24(26)19(5)27-23-12-8-10-20-9-6-7-11-21(20)23/h6-14,18-19H,1-5H3,(H,25,26)/t18-,19-/m1/s1. The van der Waals surface area contributed by atoms with E-state index in [1.54, 1.807) is 6.92 Å². The van der Waals surface area contributed by atoms with Gasteiger partial charge in [-0.25, -0.2) is 0 Å². The van der Waals surface area contributed by atoms with E-state index in [4.69, 9.17) is 4.74 Å². The van der Waals surface area contributed by atoms with Crippen LogP contribution in [0.1, 0.15) is 42.1 Å². The number of aryl methyl sites for hydroxylation is 3. The van der Waals surface area contributed by atoms with Gasteiger partial charge in [-0.2, -0.15) is 0 Å². The van der Waals surface area contributed by atoms with Crippen LogP contribution in [0.4, 0.5) is 0 Å². The summed E-state index contributed by atoms with van der Waals surface area (Å²) in [5, 5.41) is 5.20. The molecule has 27 heavy (non-hydrogen) atoms. The van der Waals surface area contributed by atoms with E-state index in [1.165, 1.54) is 16.7 Å². The number of carbonyl (C=O) groups is 1. The summed E-state index contributed by atoms with van der Waals surface area (Å²) in [6, 6.07) is 18.2. The quantitative estimate of drug-likeness (QED) is 0.660. The summed E-state index contributed by atoms with van der Waals surface area (Å²) in [5.74, 6) is 0.610. The van der Waals surface area contributed by atoms with Gasteiger partial charge in [0.15, 0.2) is 6.10 Å². The molecular weight excluding hydrogens is 334 g/mol. The van der Waals surface area contributed by atoms with Crippen LogP contribution in [0.5, 0.6) is 5.75 Å². The Labute approximate surface area is 161 Å². The van der Waals surface area contributed by atoms with E-state index >= 15 is 0 Å².